The van der Waals surface area contributed by atoms with Gasteiger partial charge in [-0.25, -0.2) is 9.97 Å². The molecule has 1 unspecified atom stereocenters. The molecule has 2 aliphatic heterocycles. The summed E-state index contributed by atoms with van der Waals surface area (Å²) >= 11 is 0. The van der Waals surface area contributed by atoms with Crippen molar-refractivity contribution in [1.29, 1.82) is 0 Å². The lowest BCUT2D eigenvalue weighted by Crippen LogP contribution is -2.43. The first kappa shape index (κ1) is 20.7. The van der Waals surface area contributed by atoms with Crippen LogP contribution in [0.15, 0.2) is 48.9 Å². The van der Waals surface area contributed by atoms with Crippen LogP contribution in [0.1, 0.15) is 37.7 Å². The number of rotatable bonds is 5. The van der Waals surface area contributed by atoms with Gasteiger partial charge in [-0.2, -0.15) is 0 Å². The van der Waals surface area contributed by atoms with Crippen molar-refractivity contribution >= 4 is 28.4 Å². The van der Waals surface area contributed by atoms with Crippen LogP contribution < -0.4 is 15.1 Å². The molecule has 1 aromatic carbocycles. The second-order valence-electron chi connectivity index (χ2n) is 8.81. The van der Waals surface area contributed by atoms with E-state index in [0.29, 0.717) is 18.7 Å². The first-order valence-electron chi connectivity index (χ1n) is 11.7. The number of pyridine rings is 1. The van der Waals surface area contributed by atoms with E-state index in [-0.39, 0.29) is 11.8 Å². The van der Waals surface area contributed by atoms with Crippen LogP contribution in [0.3, 0.4) is 0 Å². The van der Waals surface area contributed by atoms with Gasteiger partial charge in [-0.3, -0.25) is 9.78 Å². The molecule has 2 aliphatic rings. The van der Waals surface area contributed by atoms with Gasteiger partial charge in [0, 0.05) is 50.8 Å². The molecular formula is C25H30N6O. The molecule has 2 aromatic heterocycles. The third-order valence-electron chi connectivity index (χ3n) is 6.59. The van der Waals surface area contributed by atoms with E-state index in [4.69, 9.17) is 0 Å². The molecule has 4 heterocycles. The summed E-state index contributed by atoms with van der Waals surface area (Å²) < 4.78 is 0. The van der Waals surface area contributed by atoms with E-state index in [1.54, 1.807) is 12.4 Å². The Kier molecular flexibility index (Phi) is 6.14. The molecule has 166 valence electrons. The number of nitrogens with one attached hydrogen (secondary N) is 1. The van der Waals surface area contributed by atoms with Gasteiger partial charge in [0.1, 0.15) is 5.52 Å². The number of nitrogens with zero attached hydrogens (tertiary/aromatic N) is 5. The Morgan fingerprint density at radius 2 is 1.69 bits per heavy atom. The molecule has 2 fully saturated rings. The van der Waals surface area contributed by atoms with Crippen LogP contribution in [0, 0.1) is 5.92 Å². The van der Waals surface area contributed by atoms with Crippen molar-refractivity contribution in [1.82, 2.24) is 20.3 Å². The number of carbonyl (C=O) groups is 1. The van der Waals surface area contributed by atoms with Crippen LogP contribution in [0.2, 0.25) is 0 Å². The minimum absolute atomic E-state index is 0.0195. The van der Waals surface area contributed by atoms with Crippen LogP contribution in [-0.4, -0.2) is 47.0 Å². The molecule has 2 saturated heterocycles. The highest BCUT2D eigenvalue weighted by molar-refractivity contribution is 5.80. The van der Waals surface area contributed by atoms with Crippen molar-refractivity contribution in [2.24, 2.45) is 5.92 Å². The Morgan fingerprint density at radius 1 is 0.906 bits per heavy atom. The maximum absolute atomic E-state index is 12.9. The third-order valence-corrected chi connectivity index (χ3v) is 6.59. The molecule has 0 aliphatic carbocycles. The molecular weight excluding hydrogens is 400 g/mol. The van der Waals surface area contributed by atoms with Crippen molar-refractivity contribution in [2.75, 3.05) is 36.0 Å². The van der Waals surface area contributed by atoms with E-state index in [2.05, 4.69) is 54.3 Å². The Balaban J connectivity index is 1.17. The number of piperidine rings is 2. The quantitative estimate of drug-likeness (QED) is 0.667. The van der Waals surface area contributed by atoms with Gasteiger partial charge in [0.15, 0.2) is 5.65 Å². The van der Waals surface area contributed by atoms with Gasteiger partial charge in [-0.15, -0.1) is 0 Å². The largest absolute Gasteiger partial charge is 0.372 e. The molecule has 7 nitrogen and oxygen atoms in total. The zero-order chi connectivity index (χ0) is 21.8. The molecule has 3 aromatic rings. The van der Waals surface area contributed by atoms with E-state index >= 15 is 0 Å². The second-order valence-corrected chi connectivity index (χ2v) is 8.81. The topological polar surface area (TPSA) is 74.2 Å². The van der Waals surface area contributed by atoms with Crippen molar-refractivity contribution < 1.29 is 4.79 Å². The second kappa shape index (κ2) is 9.51. The Labute approximate surface area is 188 Å². The molecule has 0 bridgehead atoms. The summed E-state index contributed by atoms with van der Waals surface area (Å²) in [5.41, 5.74) is 4.86. The molecule has 1 amide bonds. The molecule has 7 heteroatoms. The average molecular weight is 431 g/mol. The van der Waals surface area contributed by atoms with Crippen LogP contribution in [0.5, 0.6) is 0 Å². The number of anilines is 2. The fourth-order valence-corrected chi connectivity index (χ4v) is 4.76. The lowest BCUT2D eigenvalue weighted by molar-refractivity contribution is -0.125. The van der Waals surface area contributed by atoms with Crippen LogP contribution in [0.25, 0.3) is 11.2 Å². The Hall–Kier alpha value is -3.22. The number of amides is 1. The maximum Gasteiger partial charge on any atom is 0.225 e. The lowest BCUT2D eigenvalue weighted by Gasteiger charge is -2.33. The van der Waals surface area contributed by atoms with Crippen molar-refractivity contribution in [2.45, 2.75) is 38.6 Å². The molecule has 0 spiro atoms. The fourth-order valence-electron chi connectivity index (χ4n) is 4.76. The SMILES string of the molecule is O=C(NCc1ccc(N2CCCCC2)cc1)C1CCCN(c2cnc3nccnc3c2)C1. The van der Waals surface area contributed by atoms with Crippen molar-refractivity contribution in [3.05, 3.63) is 54.5 Å². The maximum atomic E-state index is 12.9. The fraction of sp³-hybridized carbons (Fsp3) is 0.440. The van der Waals surface area contributed by atoms with Crippen LogP contribution in [-0.2, 0) is 11.3 Å². The Morgan fingerprint density at radius 3 is 2.53 bits per heavy atom. The monoisotopic (exact) mass is 430 g/mol. The zero-order valence-corrected chi connectivity index (χ0v) is 18.4. The van der Waals surface area contributed by atoms with Crippen molar-refractivity contribution in [3.63, 3.8) is 0 Å². The summed E-state index contributed by atoms with van der Waals surface area (Å²) in [6.07, 6.45) is 11.0. The van der Waals surface area contributed by atoms with E-state index in [1.165, 1.54) is 24.9 Å². The predicted octanol–water partition coefficient (Wildman–Crippen LogP) is 3.55. The number of benzene rings is 1. The van der Waals surface area contributed by atoms with E-state index < -0.39 is 0 Å². The molecule has 5 rings (SSSR count). The van der Waals surface area contributed by atoms with Crippen molar-refractivity contribution in [3.8, 4) is 0 Å². The van der Waals surface area contributed by atoms with Gasteiger partial charge in [0.2, 0.25) is 5.91 Å². The van der Waals surface area contributed by atoms with Gasteiger partial charge in [-0.05, 0) is 55.9 Å². The van der Waals surface area contributed by atoms with Gasteiger partial charge >= 0.3 is 0 Å². The summed E-state index contributed by atoms with van der Waals surface area (Å²) in [6, 6.07) is 10.7. The summed E-state index contributed by atoms with van der Waals surface area (Å²) in [5.74, 6) is 0.109. The summed E-state index contributed by atoms with van der Waals surface area (Å²) in [4.78, 5) is 30.6. The zero-order valence-electron chi connectivity index (χ0n) is 18.4. The van der Waals surface area contributed by atoms with E-state index in [1.807, 2.05) is 12.3 Å². The molecule has 0 saturated carbocycles. The van der Waals surface area contributed by atoms with Gasteiger partial charge < -0.3 is 15.1 Å². The smallest absolute Gasteiger partial charge is 0.225 e. The summed E-state index contributed by atoms with van der Waals surface area (Å²) in [5, 5.41) is 3.15. The standard InChI is InChI=1S/C25H30N6O/c32-25(29-16-19-6-8-21(9-7-19)30-12-2-1-3-13-30)20-5-4-14-31(18-20)22-15-23-24(28-17-22)27-11-10-26-23/h6-11,15,17,20H,1-5,12-14,16,18H2,(H,29,32). The van der Waals surface area contributed by atoms with Gasteiger partial charge in [0.25, 0.3) is 0 Å². The Bertz CT molecular complexity index is 1060. The van der Waals surface area contributed by atoms with E-state index in [9.17, 15) is 4.79 Å². The number of hydrogen-bond acceptors (Lipinski definition) is 6. The van der Waals surface area contributed by atoms with E-state index in [0.717, 1.165) is 49.2 Å². The molecule has 32 heavy (non-hydrogen) atoms. The highest BCUT2D eigenvalue weighted by Gasteiger charge is 2.26. The highest BCUT2D eigenvalue weighted by Crippen LogP contribution is 2.25. The minimum atomic E-state index is -0.0195. The number of aromatic nitrogens is 3. The first-order chi connectivity index (χ1) is 15.8. The lowest BCUT2D eigenvalue weighted by atomic mass is 9.96. The summed E-state index contributed by atoms with van der Waals surface area (Å²) in [7, 11) is 0. The molecule has 0 radical (unpaired) electrons. The summed E-state index contributed by atoms with van der Waals surface area (Å²) in [6.45, 7) is 4.49. The minimum Gasteiger partial charge on any atom is -0.372 e. The van der Waals surface area contributed by atoms with Crippen LogP contribution >= 0.6 is 0 Å². The average Bonchev–Trinajstić information content (AvgIpc) is 2.88. The number of carbonyl (C=O) groups excluding carboxylic acids is 1. The third kappa shape index (κ3) is 4.66. The highest BCUT2D eigenvalue weighted by atomic mass is 16.1. The number of fused-ring (bicyclic) bond motifs is 1. The normalized spacial score (nSPS) is 19.2. The van der Waals surface area contributed by atoms with Crippen LogP contribution in [0.4, 0.5) is 11.4 Å². The number of hydrogen-bond donors (Lipinski definition) is 1. The molecule has 1 atom stereocenters. The predicted molar refractivity (Wildman–Crippen MR) is 127 cm³/mol. The van der Waals surface area contributed by atoms with Gasteiger partial charge in [0.05, 0.1) is 17.8 Å². The first-order valence-corrected chi connectivity index (χ1v) is 11.7. The van der Waals surface area contributed by atoms with Gasteiger partial charge in [-0.1, -0.05) is 12.1 Å². The molecule has 1 N–H and O–H groups in total.